The third kappa shape index (κ3) is 5.38. The summed E-state index contributed by atoms with van der Waals surface area (Å²) >= 11 is 1.65. The van der Waals surface area contributed by atoms with Crippen LogP contribution in [0.4, 0.5) is 0 Å². The van der Waals surface area contributed by atoms with Crippen LogP contribution >= 0.6 is 11.3 Å². The van der Waals surface area contributed by atoms with Gasteiger partial charge in [0.05, 0.1) is 12.0 Å². The van der Waals surface area contributed by atoms with E-state index < -0.39 is 0 Å². The molecule has 2 aliphatic rings. The number of benzene rings is 1. The Morgan fingerprint density at radius 3 is 2.56 bits per heavy atom. The number of thiophene rings is 1. The van der Waals surface area contributed by atoms with Crippen molar-refractivity contribution >= 4 is 23.2 Å². The molecule has 2 atom stereocenters. The Kier molecular flexibility index (Phi) is 8.79. The van der Waals surface area contributed by atoms with Crippen LogP contribution in [0.2, 0.25) is 0 Å². The molecule has 2 amide bonds. The SMILES string of the molecule is CCCCN(CC)CCCNC(=O)[C@@H]1c2ccccc2C(=O)N(C2CCCC2)[C@H]1c1cccs1. The maximum atomic E-state index is 13.8. The van der Waals surface area contributed by atoms with Crippen LogP contribution in [0.25, 0.3) is 0 Å². The van der Waals surface area contributed by atoms with E-state index in [1.807, 2.05) is 30.3 Å². The summed E-state index contributed by atoms with van der Waals surface area (Å²) in [5.41, 5.74) is 1.56. The average molecular weight is 482 g/mol. The molecule has 2 heterocycles. The molecule has 0 unspecified atom stereocenters. The molecule has 5 nitrogen and oxygen atoms in total. The van der Waals surface area contributed by atoms with Gasteiger partial charge in [-0.25, -0.2) is 0 Å². The predicted octanol–water partition coefficient (Wildman–Crippen LogP) is 5.60. The molecule has 0 saturated heterocycles. The summed E-state index contributed by atoms with van der Waals surface area (Å²) in [5.74, 6) is -0.257. The summed E-state index contributed by atoms with van der Waals surface area (Å²) in [7, 11) is 0. The number of fused-ring (bicyclic) bond motifs is 1. The van der Waals surface area contributed by atoms with Gasteiger partial charge >= 0.3 is 0 Å². The van der Waals surface area contributed by atoms with Crippen LogP contribution in [0.15, 0.2) is 41.8 Å². The summed E-state index contributed by atoms with van der Waals surface area (Å²) in [5, 5.41) is 5.30. The van der Waals surface area contributed by atoms with Crippen molar-refractivity contribution in [3.8, 4) is 0 Å². The van der Waals surface area contributed by atoms with Crippen molar-refractivity contribution < 1.29 is 9.59 Å². The molecule has 0 bridgehead atoms. The highest BCUT2D eigenvalue weighted by atomic mass is 32.1. The quantitative estimate of drug-likeness (QED) is 0.425. The van der Waals surface area contributed by atoms with Crippen LogP contribution < -0.4 is 5.32 Å². The van der Waals surface area contributed by atoms with Crippen LogP contribution in [0.5, 0.6) is 0 Å². The second kappa shape index (κ2) is 12.0. The van der Waals surface area contributed by atoms with E-state index in [1.165, 1.54) is 12.8 Å². The van der Waals surface area contributed by atoms with Crippen molar-refractivity contribution in [2.45, 2.75) is 76.8 Å². The van der Waals surface area contributed by atoms with Gasteiger partial charge in [0.25, 0.3) is 5.91 Å². The molecule has 34 heavy (non-hydrogen) atoms. The van der Waals surface area contributed by atoms with Crippen LogP contribution in [0.1, 0.15) is 91.6 Å². The molecule has 0 radical (unpaired) electrons. The number of rotatable bonds is 11. The van der Waals surface area contributed by atoms with E-state index in [1.54, 1.807) is 11.3 Å². The van der Waals surface area contributed by atoms with E-state index in [-0.39, 0.29) is 29.8 Å². The lowest BCUT2D eigenvalue weighted by molar-refractivity contribution is -0.124. The van der Waals surface area contributed by atoms with Gasteiger partial charge in [0.2, 0.25) is 5.91 Å². The number of unbranched alkanes of at least 4 members (excludes halogenated alkanes) is 1. The van der Waals surface area contributed by atoms with Crippen LogP contribution in [-0.4, -0.2) is 53.8 Å². The third-order valence-corrected chi connectivity index (χ3v) is 8.38. The highest BCUT2D eigenvalue weighted by Gasteiger charge is 2.47. The van der Waals surface area contributed by atoms with Gasteiger partial charge in [-0.05, 0) is 68.4 Å². The van der Waals surface area contributed by atoms with E-state index in [0.717, 1.165) is 62.2 Å². The van der Waals surface area contributed by atoms with Gasteiger partial charge in [-0.3, -0.25) is 9.59 Å². The Balaban J connectivity index is 1.56. The third-order valence-electron chi connectivity index (χ3n) is 7.44. The highest BCUT2D eigenvalue weighted by Crippen LogP contribution is 2.47. The van der Waals surface area contributed by atoms with E-state index in [9.17, 15) is 9.59 Å². The minimum Gasteiger partial charge on any atom is -0.355 e. The fraction of sp³-hybridized carbons (Fsp3) is 0.571. The van der Waals surface area contributed by atoms with Crippen molar-refractivity contribution in [2.75, 3.05) is 26.2 Å². The Labute approximate surface area is 208 Å². The van der Waals surface area contributed by atoms with Crippen LogP contribution in [0.3, 0.4) is 0 Å². The maximum absolute atomic E-state index is 13.8. The summed E-state index contributed by atoms with van der Waals surface area (Å²) < 4.78 is 0. The highest BCUT2D eigenvalue weighted by molar-refractivity contribution is 7.10. The van der Waals surface area contributed by atoms with Crippen molar-refractivity contribution in [3.05, 3.63) is 57.8 Å². The molecule has 184 valence electrons. The van der Waals surface area contributed by atoms with E-state index in [0.29, 0.717) is 12.1 Å². The zero-order chi connectivity index (χ0) is 23.9. The number of nitrogens with one attached hydrogen (secondary N) is 1. The van der Waals surface area contributed by atoms with Crippen molar-refractivity contribution in [1.29, 1.82) is 0 Å². The van der Waals surface area contributed by atoms with E-state index in [4.69, 9.17) is 0 Å². The van der Waals surface area contributed by atoms with Gasteiger partial charge in [-0.2, -0.15) is 0 Å². The molecule has 1 N–H and O–H groups in total. The Morgan fingerprint density at radius 1 is 1.09 bits per heavy atom. The molecule has 1 fully saturated rings. The molecule has 1 saturated carbocycles. The van der Waals surface area contributed by atoms with Gasteiger partial charge in [-0.15, -0.1) is 11.3 Å². The topological polar surface area (TPSA) is 52.7 Å². The molecule has 4 rings (SSSR count). The minimum absolute atomic E-state index is 0.0398. The van der Waals surface area contributed by atoms with Gasteiger partial charge in [0, 0.05) is 23.0 Å². The predicted molar refractivity (Wildman–Crippen MR) is 139 cm³/mol. The number of hydrogen-bond donors (Lipinski definition) is 1. The molecule has 1 aliphatic carbocycles. The lowest BCUT2D eigenvalue weighted by Gasteiger charge is -2.44. The monoisotopic (exact) mass is 481 g/mol. The standard InChI is InChI=1S/C28H39N3O2S/c1-3-5-18-30(4-2)19-11-17-29-27(32)25-22-14-8-9-15-23(22)28(33)31(21-12-6-7-13-21)26(25)24-16-10-20-34-24/h8-10,14-16,20-21,25-26H,3-7,11-13,17-19H2,1-2H3,(H,29,32)/t25-,26+/m1/s1. The van der Waals surface area contributed by atoms with Gasteiger partial charge in [0.15, 0.2) is 0 Å². The lowest BCUT2D eigenvalue weighted by Crippen LogP contribution is -2.50. The second-order valence-corrected chi connectivity index (χ2v) is 10.6. The second-order valence-electron chi connectivity index (χ2n) is 9.61. The number of carbonyl (C=O) groups is 2. The molecule has 0 spiro atoms. The minimum atomic E-state index is -0.379. The lowest BCUT2D eigenvalue weighted by atomic mass is 9.80. The van der Waals surface area contributed by atoms with E-state index in [2.05, 4.69) is 40.4 Å². The smallest absolute Gasteiger partial charge is 0.254 e. The van der Waals surface area contributed by atoms with Crippen molar-refractivity contribution in [1.82, 2.24) is 15.1 Å². The number of carbonyl (C=O) groups excluding carboxylic acids is 2. The Bertz CT molecular complexity index is 939. The molecular formula is C28H39N3O2S. The molecule has 2 aromatic rings. The molecule has 1 aromatic heterocycles. The zero-order valence-electron chi connectivity index (χ0n) is 20.7. The average Bonchev–Trinajstić information content (AvgIpc) is 3.58. The summed E-state index contributed by atoms with van der Waals surface area (Å²) in [6.07, 6.45) is 7.70. The first kappa shape index (κ1) is 24.9. The first-order chi connectivity index (χ1) is 16.7. The molecular weight excluding hydrogens is 442 g/mol. The summed E-state index contributed by atoms with van der Waals surface area (Å²) in [6, 6.07) is 11.8. The first-order valence-corrected chi connectivity index (χ1v) is 14.0. The fourth-order valence-corrected chi connectivity index (χ4v) is 6.47. The largest absolute Gasteiger partial charge is 0.355 e. The van der Waals surface area contributed by atoms with Crippen molar-refractivity contribution in [2.24, 2.45) is 0 Å². The van der Waals surface area contributed by atoms with Crippen LogP contribution in [-0.2, 0) is 4.79 Å². The molecule has 6 heteroatoms. The number of amides is 2. The van der Waals surface area contributed by atoms with E-state index >= 15 is 0 Å². The Morgan fingerprint density at radius 2 is 1.85 bits per heavy atom. The van der Waals surface area contributed by atoms with Gasteiger partial charge < -0.3 is 15.1 Å². The van der Waals surface area contributed by atoms with Crippen molar-refractivity contribution in [3.63, 3.8) is 0 Å². The number of nitrogens with zero attached hydrogens (tertiary/aromatic N) is 2. The molecule has 1 aliphatic heterocycles. The maximum Gasteiger partial charge on any atom is 0.254 e. The van der Waals surface area contributed by atoms with Gasteiger partial charge in [-0.1, -0.05) is 57.4 Å². The summed E-state index contributed by atoms with van der Waals surface area (Å²) in [6.45, 7) is 8.25. The molecule has 1 aromatic carbocycles. The Hall–Kier alpha value is -2.18. The first-order valence-electron chi connectivity index (χ1n) is 13.1. The van der Waals surface area contributed by atoms with Gasteiger partial charge in [0.1, 0.15) is 0 Å². The zero-order valence-corrected chi connectivity index (χ0v) is 21.5. The normalized spacial score (nSPS) is 20.7. The number of hydrogen-bond acceptors (Lipinski definition) is 4. The van der Waals surface area contributed by atoms with Crippen LogP contribution in [0, 0.1) is 0 Å². The summed E-state index contributed by atoms with van der Waals surface area (Å²) in [4.78, 5) is 33.1. The fourth-order valence-electron chi connectivity index (χ4n) is 5.61.